The molecule has 1 N–H and O–H groups in total. The summed E-state index contributed by atoms with van der Waals surface area (Å²) in [5.41, 5.74) is -1.10. The van der Waals surface area contributed by atoms with Crippen LogP contribution in [0.3, 0.4) is 0 Å². The minimum absolute atomic E-state index is 0.110. The number of carbonyl (C=O) groups is 2. The Balaban J connectivity index is 2.07. The second-order valence-electron chi connectivity index (χ2n) is 5.22. The third-order valence-corrected chi connectivity index (χ3v) is 4.11. The van der Waals surface area contributed by atoms with Gasteiger partial charge in [-0.05, 0) is 37.3 Å². The van der Waals surface area contributed by atoms with Gasteiger partial charge in [-0.15, -0.1) is 0 Å². The maximum Gasteiger partial charge on any atom is 0.416 e. The Morgan fingerprint density at radius 2 is 1.77 bits per heavy atom. The van der Waals surface area contributed by atoms with E-state index in [4.69, 9.17) is 27.9 Å². The summed E-state index contributed by atoms with van der Waals surface area (Å²) in [5, 5.41) is 2.76. The highest BCUT2D eigenvalue weighted by atomic mass is 35.5. The largest absolute Gasteiger partial charge is 0.449 e. The van der Waals surface area contributed by atoms with E-state index in [-0.39, 0.29) is 21.3 Å². The molecule has 0 radical (unpaired) electrons. The molecule has 26 heavy (non-hydrogen) atoms. The quantitative estimate of drug-likeness (QED) is 0.711. The van der Waals surface area contributed by atoms with Crippen LogP contribution in [0.15, 0.2) is 42.5 Å². The monoisotopic (exact) mass is 405 g/mol. The zero-order chi connectivity index (χ0) is 19.5. The summed E-state index contributed by atoms with van der Waals surface area (Å²) in [5.74, 6) is -1.77. The molecule has 0 spiro atoms. The van der Waals surface area contributed by atoms with Gasteiger partial charge in [0.2, 0.25) is 0 Å². The van der Waals surface area contributed by atoms with Crippen LogP contribution in [-0.2, 0) is 15.7 Å². The summed E-state index contributed by atoms with van der Waals surface area (Å²) in [6.45, 7) is 1.28. The van der Waals surface area contributed by atoms with E-state index >= 15 is 0 Å². The maximum absolute atomic E-state index is 12.7. The molecular weight excluding hydrogens is 394 g/mol. The van der Waals surface area contributed by atoms with Crippen molar-refractivity contribution < 1.29 is 27.5 Å². The van der Waals surface area contributed by atoms with Crippen molar-refractivity contribution in [2.75, 3.05) is 5.32 Å². The smallest absolute Gasteiger partial charge is 0.416 e. The van der Waals surface area contributed by atoms with Gasteiger partial charge >= 0.3 is 12.1 Å². The van der Waals surface area contributed by atoms with Crippen LogP contribution >= 0.6 is 23.2 Å². The van der Waals surface area contributed by atoms with Crippen LogP contribution in [0.4, 0.5) is 18.9 Å². The molecule has 0 saturated heterocycles. The van der Waals surface area contributed by atoms with Crippen LogP contribution in [0.1, 0.15) is 22.8 Å². The second-order valence-corrected chi connectivity index (χ2v) is 6.00. The molecule has 0 fully saturated rings. The van der Waals surface area contributed by atoms with Crippen LogP contribution in [0.2, 0.25) is 10.0 Å². The highest BCUT2D eigenvalue weighted by Crippen LogP contribution is 2.30. The molecular formula is C17H12Cl2F3NO3. The zero-order valence-corrected chi connectivity index (χ0v) is 14.7. The highest BCUT2D eigenvalue weighted by Gasteiger charge is 2.31. The molecule has 0 aliphatic rings. The van der Waals surface area contributed by atoms with E-state index in [2.05, 4.69) is 5.32 Å². The van der Waals surface area contributed by atoms with Gasteiger partial charge in [-0.25, -0.2) is 4.79 Å². The molecule has 2 rings (SSSR count). The number of ether oxygens (including phenoxy) is 1. The number of esters is 1. The molecule has 138 valence electrons. The Bertz CT molecular complexity index is 840. The number of halogens is 5. The molecule has 1 atom stereocenters. The molecule has 1 amide bonds. The molecule has 0 aliphatic heterocycles. The Kier molecular flexibility index (Phi) is 6.15. The lowest BCUT2D eigenvalue weighted by atomic mass is 10.1. The summed E-state index contributed by atoms with van der Waals surface area (Å²) in [6.07, 6.45) is -5.87. The number of alkyl halides is 3. The van der Waals surface area contributed by atoms with Crippen molar-refractivity contribution in [3.63, 3.8) is 0 Å². The molecule has 0 saturated carbocycles. The minimum Gasteiger partial charge on any atom is -0.449 e. The maximum atomic E-state index is 12.7. The minimum atomic E-state index is -4.59. The zero-order valence-electron chi connectivity index (χ0n) is 13.2. The van der Waals surface area contributed by atoms with Crippen LogP contribution in [0, 0.1) is 0 Å². The van der Waals surface area contributed by atoms with Crippen molar-refractivity contribution in [3.05, 3.63) is 63.6 Å². The van der Waals surface area contributed by atoms with Crippen molar-refractivity contribution in [2.45, 2.75) is 19.2 Å². The van der Waals surface area contributed by atoms with Crippen LogP contribution in [0.25, 0.3) is 0 Å². The number of carbonyl (C=O) groups excluding carboxylic acids is 2. The molecule has 4 nitrogen and oxygen atoms in total. The Hall–Kier alpha value is -2.25. The van der Waals surface area contributed by atoms with Gasteiger partial charge in [-0.3, -0.25) is 4.79 Å². The van der Waals surface area contributed by atoms with Gasteiger partial charge in [-0.2, -0.15) is 13.2 Å². The van der Waals surface area contributed by atoms with Gasteiger partial charge in [0.05, 0.1) is 26.9 Å². The fourth-order valence-electron chi connectivity index (χ4n) is 1.94. The van der Waals surface area contributed by atoms with Crippen molar-refractivity contribution in [2.24, 2.45) is 0 Å². The van der Waals surface area contributed by atoms with E-state index in [1.807, 2.05) is 0 Å². The van der Waals surface area contributed by atoms with Crippen molar-refractivity contribution in [1.29, 1.82) is 0 Å². The van der Waals surface area contributed by atoms with E-state index in [1.54, 1.807) is 6.07 Å². The predicted octanol–water partition coefficient (Wildman–Crippen LogP) is 5.20. The average Bonchev–Trinajstić information content (AvgIpc) is 2.58. The number of rotatable bonds is 4. The third-order valence-electron chi connectivity index (χ3n) is 3.29. The number of hydrogen-bond donors (Lipinski definition) is 1. The molecule has 0 bridgehead atoms. The number of hydrogen-bond acceptors (Lipinski definition) is 3. The molecule has 1 unspecified atom stereocenters. The lowest BCUT2D eigenvalue weighted by Gasteiger charge is -2.15. The average molecular weight is 406 g/mol. The Morgan fingerprint density at radius 3 is 2.42 bits per heavy atom. The summed E-state index contributed by atoms with van der Waals surface area (Å²) >= 11 is 11.8. The summed E-state index contributed by atoms with van der Waals surface area (Å²) < 4.78 is 43.0. The fraction of sp³-hybridized carbons (Fsp3) is 0.176. The first-order chi connectivity index (χ1) is 12.1. The first kappa shape index (κ1) is 20.1. The van der Waals surface area contributed by atoms with Gasteiger partial charge in [0.25, 0.3) is 5.91 Å². The molecule has 9 heteroatoms. The van der Waals surface area contributed by atoms with Gasteiger partial charge < -0.3 is 10.1 Å². The van der Waals surface area contributed by atoms with E-state index in [0.29, 0.717) is 6.07 Å². The first-order valence-electron chi connectivity index (χ1n) is 7.22. The summed E-state index contributed by atoms with van der Waals surface area (Å²) in [7, 11) is 0. The van der Waals surface area contributed by atoms with E-state index in [0.717, 1.165) is 18.2 Å². The third kappa shape index (κ3) is 4.89. The number of benzene rings is 2. The lowest BCUT2D eigenvalue weighted by Crippen LogP contribution is -2.30. The molecule has 0 aliphatic carbocycles. The van der Waals surface area contributed by atoms with Gasteiger partial charge in [0.1, 0.15) is 0 Å². The Morgan fingerprint density at radius 1 is 1.12 bits per heavy atom. The van der Waals surface area contributed by atoms with Crippen LogP contribution < -0.4 is 5.32 Å². The highest BCUT2D eigenvalue weighted by molar-refractivity contribution is 6.44. The Labute approximate surface area is 156 Å². The van der Waals surface area contributed by atoms with Gasteiger partial charge in [0, 0.05) is 0 Å². The lowest BCUT2D eigenvalue weighted by molar-refractivity contribution is -0.137. The van der Waals surface area contributed by atoms with E-state index < -0.39 is 29.7 Å². The number of nitrogens with one attached hydrogen (secondary N) is 1. The number of anilines is 1. The topological polar surface area (TPSA) is 55.4 Å². The predicted molar refractivity (Wildman–Crippen MR) is 91.4 cm³/mol. The summed E-state index contributed by atoms with van der Waals surface area (Å²) in [4.78, 5) is 24.1. The SMILES string of the molecule is CC(OC(=O)c1cccc(C(F)(F)F)c1)C(=O)Nc1cccc(Cl)c1Cl. The molecule has 2 aromatic rings. The van der Waals surface area contributed by atoms with Crippen LogP contribution in [-0.4, -0.2) is 18.0 Å². The fourth-order valence-corrected chi connectivity index (χ4v) is 2.29. The first-order valence-corrected chi connectivity index (χ1v) is 7.98. The molecule has 2 aromatic carbocycles. The van der Waals surface area contributed by atoms with Crippen molar-refractivity contribution in [3.8, 4) is 0 Å². The molecule has 0 aromatic heterocycles. The van der Waals surface area contributed by atoms with Crippen LogP contribution in [0.5, 0.6) is 0 Å². The second kappa shape index (κ2) is 7.97. The van der Waals surface area contributed by atoms with E-state index in [9.17, 15) is 22.8 Å². The van der Waals surface area contributed by atoms with Gasteiger partial charge in [0.15, 0.2) is 6.10 Å². The van der Waals surface area contributed by atoms with Crippen molar-refractivity contribution >= 4 is 40.8 Å². The number of amides is 1. The van der Waals surface area contributed by atoms with E-state index in [1.165, 1.54) is 19.1 Å². The van der Waals surface area contributed by atoms with Gasteiger partial charge in [-0.1, -0.05) is 35.3 Å². The van der Waals surface area contributed by atoms with Crippen molar-refractivity contribution in [1.82, 2.24) is 0 Å². The normalized spacial score (nSPS) is 12.4. The molecule has 0 heterocycles. The standard InChI is InChI=1S/C17H12Cl2F3NO3/c1-9(15(24)23-13-7-3-6-12(18)14(13)19)26-16(25)10-4-2-5-11(8-10)17(20,21)22/h2-9H,1H3,(H,23,24). The summed E-state index contributed by atoms with van der Waals surface area (Å²) in [6, 6.07) is 8.30.